The summed E-state index contributed by atoms with van der Waals surface area (Å²) >= 11 is 0. The fourth-order valence-electron chi connectivity index (χ4n) is 2.05. The van der Waals surface area contributed by atoms with Gasteiger partial charge in [0.15, 0.2) is 5.65 Å². The largest absolute Gasteiger partial charge is 0.372 e. The lowest BCUT2D eigenvalue weighted by atomic mass is 10.1. The van der Waals surface area contributed by atoms with E-state index in [0.29, 0.717) is 0 Å². The third-order valence-electron chi connectivity index (χ3n) is 3.04. The molecule has 1 N–H and O–H groups in total. The molecule has 90 valence electrons. The normalized spacial score (nSPS) is 10.8. The molecule has 18 heavy (non-hydrogen) atoms. The molecule has 0 radical (unpaired) electrons. The summed E-state index contributed by atoms with van der Waals surface area (Å²) in [4.78, 5) is 4.38. The summed E-state index contributed by atoms with van der Waals surface area (Å²) in [5.41, 5.74) is 4.24. The maximum absolute atomic E-state index is 4.51. The van der Waals surface area contributed by atoms with E-state index in [1.807, 2.05) is 42.0 Å². The van der Waals surface area contributed by atoms with Crippen LogP contribution in [0, 0.1) is 6.92 Å². The van der Waals surface area contributed by atoms with Gasteiger partial charge in [0.25, 0.3) is 0 Å². The van der Waals surface area contributed by atoms with E-state index < -0.39 is 0 Å². The van der Waals surface area contributed by atoms with Crippen LogP contribution in [0.2, 0.25) is 0 Å². The quantitative estimate of drug-likeness (QED) is 0.746. The zero-order valence-electron chi connectivity index (χ0n) is 10.4. The molecule has 0 aliphatic heterocycles. The van der Waals surface area contributed by atoms with Crippen LogP contribution in [-0.4, -0.2) is 21.6 Å². The van der Waals surface area contributed by atoms with E-state index in [9.17, 15) is 0 Å². The Morgan fingerprint density at radius 2 is 1.94 bits per heavy atom. The van der Waals surface area contributed by atoms with Gasteiger partial charge in [0.1, 0.15) is 5.82 Å². The number of imidazole rings is 1. The van der Waals surface area contributed by atoms with Crippen molar-refractivity contribution in [1.82, 2.24) is 14.6 Å². The number of benzene rings is 1. The number of nitrogens with zero attached hydrogens (tertiary/aromatic N) is 3. The van der Waals surface area contributed by atoms with Gasteiger partial charge in [-0.15, -0.1) is 5.10 Å². The highest BCUT2D eigenvalue weighted by atomic mass is 15.3. The van der Waals surface area contributed by atoms with Crippen molar-refractivity contribution in [2.45, 2.75) is 6.92 Å². The first kappa shape index (κ1) is 10.8. The first-order valence-corrected chi connectivity index (χ1v) is 5.88. The van der Waals surface area contributed by atoms with E-state index in [1.165, 1.54) is 5.56 Å². The number of rotatable bonds is 2. The summed E-state index contributed by atoms with van der Waals surface area (Å²) in [6.45, 7) is 2.09. The monoisotopic (exact) mass is 238 g/mol. The maximum atomic E-state index is 4.51. The number of hydrogen-bond acceptors (Lipinski definition) is 3. The Bertz CT molecular complexity index is 700. The second kappa shape index (κ2) is 4.14. The highest BCUT2D eigenvalue weighted by Crippen LogP contribution is 2.23. The Kier molecular flexibility index (Phi) is 2.48. The van der Waals surface area contributed by atoms with Crippen LogP contribution in [0.15, 0.2) is 42.6 Å². The van der Waals surface area contributed by atoms with Crippen molar-refractivity contribution in [3.63, 3.8) is 0 Å². The molecule has 3 aromatic rings. The predicted molar refractivity (Wildman–Crippen MR) is 72.7 cm³/mol. The molecule has 0 unspecified atom stereocenters. The molecule has 0 saturated heterocycles. The third-order valence-corrected chi connectivity index (χ3v) is 3.04. The molecular formula is C14H14N4. The molecule has 4 heteroatoms. The van der Waals surface area contributed by atoms with Crippen molar-refractivity contribution >= 4 is 11.5 Å². The highest BCUT2D eigenvalue weighted by molar-refractivity contribution is 5.66. The van der Waals surface area contributed by atoms with Gasteiger partial charge in [-0.1, -0.05) is 24.3 Å². The summed E-state index contributed by atoms with van der Waals surface area (Å²) in [7, 11) is 1.86. The van der Waals surface area contributed by atoms with E-state index in [1.54, 1.807) is 0 Å². The Balaban J connectivity index is 2.26. The van der Waals surface area contributed by atoms with Crippen LogP contribution < -0.4 is 5.32 Å². The number of hydrogen-bond donors (Lipinski definition) is 1. The SMILES string of the molecule is CNc1ccc2ncc(-c3ccccc3C)n2n1. The lowest BCUT2D eigenvalue weighted by Crippen LogP contribution is -2.00. The van der Waals surface area contributed by atoms with Crippen molar-refractivity contribution in [2.24, 2.45) is 0 Å². The van der Waals surface area contributed by atoms with Crippen LogP contribution in [-0.2, 0) is 0 Å². The second-order valence-corrected chi connectivity index (χ2v) is 4.20. The lowest BCUT2D eigenvalue weighted by molar-refractivity contribution is 0.944. The van der Waals surface area contributed by atoms with Gasteiger partial charge in [0.05, 0.1) is 11.9 Å². The fraction of sp³-hybridized carbons (Fsp3) is 0.143. The number of aryl methyl sites for hydroxylation is 1. The minimum Gasteiger partial charge on any atom is -0.372 e. The van der Waals surface area contributed by atoms with E-state index in [-0.39, 0.29) is 0 Å². The Hall–Kier alpha value is -2.36. The molecule has 0 saturated carbocycles. The topological polar surface area (TPSA) is 42.2 Å². The molecule has 4 nitrogen and oxygen atoms in total. The molecule has 2 heterocycles. The number of nitrogens with one attached hydrogen (secondary N) is 1. The molecule has 0 amide bonds. The summed E-state index contributed by atoms with van der Waals surface area (Å²) in [6.07, 6.45) is 1.87. The van der Waals surface area contributed by atoms with E-state index in [0.717, 1.165) is 22.7 Å². The first-order chi connectivity index (χ1) is 8.79. The van der Waals surface area contributed by atoms with Crippen molar-refractivity contribution in [2.75, 3.05) is 12.4 Å². The van der Waals surface area contributed by atoms with Gasteiger partial charge in [0, 0.05) is 12.6 Å². The molecule has 1 aromatic carbocycles. The minimum atomic E-state index is 0.829. The molecule has 0 fully saturated rings. The van der Waals surface area contributed by atoms with Gasteiger partial charge in [-0.25, -0.2) is 9.50 Å². The molecule has 0 aliphatic carbocycles. The molecule has 2 aromatic heterocycles. The standard InChI is InChI=1S/C14H14N4/c1-10-5-3-4-6-11(10)12-9-16-14-8-7-13(15-2)17-18(12)14/h3-9H,1-2H3,(H,15,17). The molecule has 3 rings (SSSR count). The van der Waals surface area contributed by atoms with Crippen molar-refractivity contribution < 1.29 is 0 Å². The summed E-state index contributed by atoms with van der Waals surface area (Å²) < 4.78 is 1.87. The highest BCUT2D eigenvalue weighted by Gasteiger charge is 2.09. The lowest BCUT2D eigenvalue weighted by Gasteiger charge is -2.05. The molecule has 0 spiro atoms. The van der Waals surface area contributed by atoms with Crippen LogP contribution in [0.5, 0.6) is 0 Å². The van der Waals surface area contributed by atoms with Gasteiger partial charge >= 0.3 is 0 Å². The molecule has 0 aliphatic rings. The van der Waals surface area contributed by atoms with Crippen molar-refractivity contribution in [1.29, 1.82) is 0 Å². The zero-order valence-corrected chi connectivity index (χ0v) is 10.4. The Labute approximate surface area is 105 Å². The van der Waals surface area contributed by atoms with Crippen LogP contribution in [0.4, 0.5) is 5.82 Å². The second-order valence-electron chi connectivity index (χ2n) is 4.20. The molecular weight excluding hydrogens is 224 g/mol. The average molecular weight is 238 g/mol. The average Bonchev–Trinajstić information content (AvgIpc) is 2.82. The van der Waals surface area contributed by atoms with Gasteiger partial charge in [-0.3, -0.25) is 0 Å². The first-order valence-electron chi connectivity index (χ1n) is 5.88. The Morgan fingerprint density at radius 1 is 1.11 bits per heavy atom. The number of fused-ring (bicyclic) bond motifs is 1. The number of aromatic nitrogens is 3. The third kappa shape index (κ3) is 1.62. The van der Waals surface area contributed by atoms with Crippen molar-refractivity contribution in [3.05, 3.63) is 48.2 Å². The van der Waals surface area contributed by atoms with Crippen molar-refractivity contribution in [3.8, 4) is 11.3 Å². The Morgan fingerprint density at radius 3 is 2.72 bits per heavy atom. The number of anilines is 1. The van der Waals surface area contributed by atoms with Gasteiger partial charge in [-0.2, -0.15) is 0 Å². The van der Waals surface area contributed by atoms with E-state index >= 15 is 0 Å². The fourth-order valence-corrected chi connectivity index (χ4v) is 2.05. The van der Waals surface area contributed by atoms with Crippen LogP contribution in [0.3, 0.4) is 0 Å². The van der Waals surface area contributed by atoms with E-state index in [2.05, 4.69) is 34.5 Å². The zero-order chi connectivity index (χ0) is 12.5. The van der Waals surface area contributed by atoms with Crippen LogP contribution >= 0.6 is 0 Å². The summed E-state index contributed by atoms with van der Waals surface area (Å²) in [6, 6.07) is 12.1. The van der Waals surface area contributed by atoms with E-state index in [4.69, 9.17) is 0 Å². The van der Waals surface area contributed by atoms with Gasteiger partial charge < -0.3 is 5.32 Å². The minimum absolute atomic E-state index is 0.829. The maximum Gasteiger partial charge on any atom is 0.154 e. The van der Waals surface area contributed by atoms with Crippen LogP contribution in [0.1, 0.15) is 5.56 Å². The molecule has 0 bridgehead atoms. The molecule has 0 atom stereocenters. The van der Waals surface area contributed by atoms with Crippen LogP contribution in [0.25, 0.3) is 16.9 Å². The van der Waals surface area contributed by atoms with Gasteiger partial charge in [0.2, 0.25) is 0 Å². The van der Waals surface area contributed by atoms with Gasteiger partial charge in [-0.05, 0) is 24.6 Å². The predicted octanol–water partition coefficient (Wildman–Crippen LogP) is 2.75. The summed E-state index contributed by atoms with van der Waals surface area (Å²) in [5, 5.41) is 7.56. The smallest absolute Gasteiger partial charge is 0.154 e. The summed E-state index contributed by atoms with van der Waals surface area (Å²) in [5.74, 6) is 0.829.